The van der Waals surface area contributed by atoms with Gasteiger partial charge in [0.1, 0.15) is 12.4 Å². The highest BCUT2D eigenvalue weighted by molar-refractivity contribution is 5.90. The summed E-state index contributed by atoms with van der Waals surface area (Å²) in [6, 6.07) is 3.35. The topological polar surface area (TPSA) is 61.6 Å². The lowest BCUT2D eigenvalue weighted by Crippen LogP contribution is -2.18. The molecular weight excluding hydrogens is 282 g/mol. The zero-order chi connectivity index (χ0) is 15.2. The molecule has 0 unspecified atom stereocenters. The number of esters is 1. The summed E-state index contributed by atoms with van der Waals surface area (Å²) in [5.74, 6) is -1.38. The predicted molar refractivity (Wildman–Crippen MR) is 62.6 cm³/mol. The molecule has 0 atom stereocenters. The highest BCUT2D eigenvalue weighted by Crippen LogP contribution is 2.15. The molecular formula is C12H13F4NO3. The maximum absolute atomic E-state index is 12.9. The van der Waals surface area contributed by atoms with Crippen molar-refractivity contribution in [1.82, 2.24) is 0 Å². The third-order valence-corrected chi connectivity index (χ3v) is 2.16. The molecule has 0 aliphatic carbocycles. The van der Waals surface area contributed by atoms with Crippen LogP contribution < -0.4 is 5.73 Å². The average molecular weight is 295 g/mol. The lowest BCUT2D eigenvalue weighted by molar-refractivity contribution is -0.174. The zero-order valence-electron chi connectivity index (χ0n) is 10.4. The second kappa shape index (κ2) is 7.09. The van der Waals surface area contributed by atoms with Crippen molar-refractivity contribution in [3.8, 4) is 0 Å². The summed E-state index contributed by atoms with van der Waals surface area (Å²) < 4.78 is 57.2. The first-order valence-electron chi connectivity index (χ1n) is 5.66. The Hall–Kier alpha value is -1.83. The molecule has 4 nitrogen and oxygen atoms in total. The minimum Gasteiger partial charge on any atom is -0.462 e. The Bertz CT molecular complexity index is 463. The van der Waals surface area contributed by atoms with Gasteiger partial charge in [-0.1, -0.05) is 0 Å². The fraction of sp³-hybridized carbons (Fsp3) is 0.417. The Morgan fingerprint density at radius 2 is 1.95 bits per heavy atom. The molecule has 0 aromatic heterocycles. The van der Waals surface area contributed by atoms with Gasteiger partial charge in [0.15, 0.2) is 0 Å². The van der Waals surface area contributed by atoms with Gasteiger partial charge in [-0.3, -0.25) is 0 Å². The van der Waals surface area contributed by atoms with Gasteiger partial charge >= 0.3 is 12.1 Å². The Labute approximate surface area is 112 Å². The highest BCUT2D eigenvalue weighted by Gasteiger charge is 2.27. The molecule has 8 heteroatoms. The highest BCUT2D eigenvalue weighted by atomic mass is 19.4. The van der Waals surface area contributed by atoms with Crippen LogP contribution in [0.4, 0.5) is 23.2 Å². The summed E-state index contributed by atoms with van der Waals surface area (Å²) >= 11 is 0. The maximum atomic E-state index is 12.9. The molecule has 0 amide bonds. The molecule has 0 bridgehead atoms. The lowest BCUT2D eigenvalue weighted by atomic mass is 10.2. The van der Waals surface area contributed by atoms with E-state index in [-0.39, 0.29) is 30.9 Å². The minimum atomic E-state index is -4.37. The molecule has 0 heterocycles. The van der Waals surface area contributed by atoms with Gasteiger partial charge in [-0.25, -0.2) is 9.18 Å². The second-order valence-corrected chi connectivity index (χ2v) is 3.89. The van der Waals surface area contributed by atoms with Crippen LogP contribution in [0, 0.1) is 5.82 Å². The van der Waals surface area contributed by atoms with E-state index in [1.165, 1.54) is 6.07 Å². The molecule has 20 heavy (non-hydrogen) atoms. The molecule has 112 valence electrons. The van der Waals surface area contributed by atoms with Crippen LogP contribution in [0.3, 0.4) is 0 Å². The van der Waals surface area contributed by atoms with E-state index in [0.29, 0.717) is 0 Å². The number of carbonyl (C=O) groups excluding carboxylic acids is 1. The number of benzene rings is 1. The Balaban J connectivity index is 2.25. The molecule has 2 N–H and O–H groups in total. The second-order valence-electron chi connectivity index (χ2n) is 3.89. The SMILES string of the molecule is Nc1cc(C(=O)OCCCOCC(F)(F)F)ccc1F. The van der Waals surface area contributed by atoms with Crippen LogP contribution in [0.5, 0.6) is 0 Å². The smallest absolute Gasteiger partial charge is 0.411 e. The van der Waals surface area contributed by atoms with Gasteiger partial charge in [0.05, 0.1) is 24.5 Å². The molecule has 1 rings (SSSR count). The van der Waals surface area contributed by atoms with Gasteiger partial charge in [0.25, 0.3) is 0 Å². The van der Waals surface area contributed by atoms with Crippen LogP contribution in [0.25, 0.3) is 0 Å². The quantitative estimate of drug-likeness (QED) is 0.379. The van der Waals surface area contributed by atoms with Crippen molar-refractivity contribution in [2.24, 2.45) is 0 Å². The normalized spacial score (nSPS) is 11.4. The summed E-state index contributed by atoms with van der Waals surface area (Å²) in [5, 5.41) is 0. The Morgan fingerprint density at radius 1 is 1.25 bits per heavy atom. The van der Waals surface area contributed by atoms with E-state index in [1.807, 2.05) is 0 Å². The third-order valence-electron chi connectivity index (χ3n) is 2.16. The maximum Gasteiger partial charge on any atom is 0.411 e. The van der Waals surface area contributed by atoms with Crippen LogP contribution in [-0.2, 0) is 9.47 Å². The van der Waals surface area contributed by atoms with E-state index in [1.54, 1.807) is 0 Å². The number of ether oxygens (including phenoxy) is 2. The van der Waals surface area contributed by atoms with Gasteiger partial charge in [-0.2, -0.15) is 13.2 Å². The van der Waals surface area contributed by atoms with Crippen LogP contribution in [0.2, 0.25) is 0 Å². The van der Waals surface area contributed by atoms with E-state index in [0.717, 1.165) is 12.1 Å². The van der Waals surface area contributed by atoms with Crippen LogP contribution >= 0.6 is 0 Å². The first-order chi connectivity index (χ1) is 9.29. The van der Waals surface area contributed by atoms with Gasteiger partial charge in [-0.15, -0.1) is 0 Å². The van der Waals surface area contributed by atoms with E-state index in [4.69, 9.17) is 10.5 Å². The fourth-order valence-electron chi connectivity index (χ4n) is 1.27. The van der Waals surface area contributed by atoms with Crippen LogP contribution in [-0.4, -0.2) is 32.0 Å². The molecule has 0 saturated carbocycles. The van der Waals surface area contributed by atoms with Crippen molar-refractivity contribution < 1.29 is 31.8 Å². The fourth-order valence-corrected chi connectivity index (χ4v) is 1.27. The number of anilines is 1. The van der Waals surface area contributed by atoms with Gasteiger partial charge < -0.3 is 15.2 Å². The largest absolute Gasteiger partial charge is 0.462 e. The number of halogens is 4. The molecule has 0 spiro atoms. The van der Waals surface area contributed by atoms with E-state index < -0.39 is 24.6 Å². The predicted octanol–water partition coefficient (Wildman–Crippen LogP) is 2.53. The van der Waals surface area contributed by atoms with E-state index in [9.17, 15) is 22.4 Å². The van der Waals surface area contributed by atoms with Crippen LogP contribution in [0.15, 0.2) is 18.2 Å². The molecule has 0 aliphatic heterocycles. The van der Waals surface area contributed by atoms with Gasteiger partial charge in [0.2, 0.25) is 0 Å². The number of nitrogen functional groups attached to an aromatic ring is 1. The number of nitrogens with two attached hydrogens (primary N) is 1. The van der Waals surface area contributed by atoms with Crippen LogP contribution in [0.1, 0.15) is 16.8 Å². The summed E-state index contributed by atoms with van der Waals surface area (Å²) in [4.78, 5) is 11.5. The van der Waals surface area contributed by atoms with E-state index in [2.05, 4.69) is 4.74 Å². The summed E-state index contributed by atoms with van der Waals surface area (Å²) in [7, 11) is 0. The summed E-state index contributed by atoms with van der Waals surface area (Å²) in [6.07, 6.45) is -4.25. The number of hydrogen-bond donors (Lipinski definition) is 1. The molecule has 0 aliphatic rings. The third kappa shape index (κ3) is 5.87. The van der Waals surface area contributed by atoms with Crippen molar-refractivity contribution in [2.75, 3.05) is 25.6 Å². The van der Waals surface area contributed by atoms with Crippen molar-refractivity contribution >= 4 is 11.7 Å². The van der Waals surface area contributed by atoms with Crippen molar-refractivity contribution in [1.29, 1.82) is 0 Å². The van der Waals surface area contributed by atoms with E-state index >= 15 is 0 Å². The Kier molecular flexibility index (Phi) is 5.75. The number of hydrogen-bond acceptors (Lipinski definition) is 4. The summed E-state index contributed by atoms with van der Waals surface area (Å²) in [6.45, 7) is -1.62. The first-order valence-corrected chi connectivity index (χ1v) is 5.66. The zero-order valence-corrected chi connectivity index (χ0v) is 10.4. The molecule has 0 fully saturated rings. The average Bonchev–Trinajstić information content (AvgIpc) is 2.35. The molecule has 1 aromatic rings. The number of rotatable bonds is 6. The first kappa shape index (κ1) is 16.2. The number of carbonyl (C=O) groups is 1. The minimum absolute atomic E-state index is 0.0695. The number of alkyl halides is 3. The van der Waals surface area contributed by atoms with Gasteiger partial charge in [0, 0.05) is 6.42 Å². The van der Waals surface area contributed by atoms with Gasteiger partial charge in [-0.05, 0) is 18.2 Å². The summed E-state index contributed by atoms with van der Waals surface area (Å²) in [5.41, 5.74) is 5.17. The van der Waals surface area contributed by atoms with Crippen molar-refractivity contribution in [2.45, 2.75) is 12.6 Å². The molecule has 0 radical (unpaired) electrons. The monoisotopic (exact) mass is 295 g/mol. The lowest BCUT2D eigenvalue weighted by Gasteiger charge is -2.08. The molecule has 0 saturated heterocycles. The van der Waals surface area contributed by atoms with Crippen molar-refractivity contribution in [3.63, 3.8) is 0 Å². The Morgan fingerprint density at radius 3 is 2.55 bits per heavy atom. The molecule has 1 aromatic carbocycles. The van der Waals surface area contributed by atoms with Crippen molar-refractivity contribution in [3.05, 3.63) is 29.6 Å². The standard InChI is InChI=1S/C12H13F4NO3/c13-9-3-2-8(6-10(9)17)11(18)20-5-1-4-19-7-12(14,15)16/h2-3,6H,1,4-5,7,17H2.